The highest BCUT2D eigenvalue weighted by molar-refractivity contribution is 7.85. The molecule has 4 heteroatoms. The third-order valence-corrected chi connectivity index (χ3v) is 4.41. The first-order valence-electron chi connectivity index (χ1n) is 5.01. The predicted molar refractivity (Wildman–Crippen MR) is 66.6 cm³/mol. The van der Waals surface area contributed by atoms with Crippen molar-refractivity contribution in [3.8, 4) is 0 Å². The molecular weight excluding hydrogens is 230 g/mol. The van der Waals surface area contributed by atoms with Crippen molar-refractivity contribution in [1.29, 1.82) is 0 Å². The Labute approximate surface area is 98.3 Å². The topological polar surface area (TPSA) is 43.1 Å². The van der Waals surface area contributed by atoms with E-state index in [1.54, 1.807) is 18.2 Å². The minimum Gasteiger partial charge on any atom is -0.399 e. The van der Waals surface area contributed by atoms with Crippen LogP contribution in [0.4, 0.5) is 5.69 Å². The van der Waals surface area contributed by atoms with Crippen LogP contribution in [0, 0.1) is 0 Å². The summed E-state index contributed by atoms with van der Waals surface area (Å²) in [5.74, 6) is 0. The normalized spacial score (nSPS) is 14.9. The van der Waals surface area contributed by atoms with Crippen molar-refractivity contribution in [3.63, 3.8) is 0 Å². The molecule has 0 heterocycles. The first kappa shape index (κ1) is 12.5. The van der Waals surface area contributed by atoms with E-state index in [1.807, 2.05) is 6.92 Å². The average Bonchev–Trinajstić information content (AvgIpc) is 2.17. The number of hydrogen-bond acceptors (Lipinski definition) is 2. The fourth-order valence-corrected chi connectivity index (χ4v) is 3.16. The molecule has 2 atom stereocenters. The molecule has 0 fully saturated rings. The minimum atomic E-state index is -1.04. The van der Waals surface area contributed by atoms with Crippen molar-refractivity contribution in [2.75, 3.05) is 5.73 Å². The molecule has 0 amide bonds. The van der Waals surface area contributed by atoms with E-state index >= 15 is 0 Å². The summed E-state index contributed by atoms with van der Waals surface area (Å²) in [6, 6.07) is 5.13. The quantitative estimate of drug-likeness (QED) is 0.828. The molecule has 0 saturated carbocycles. The number of benzene rings is 1. The lowest BCUT2D eigenvalue weighted by molar-refractivity contribution is 0.662. The standard InChI is InChI=1S/C11H16ClNOS/c1-3-4-8(2)15(14)11-6-5-9(13)7-10(11)12/h5-8H,3-4,13H2,1-2H3. The minimum absolute atomic E-state index is 0.135. The number of nitrogen functional groups attached to an aromatic ring is 1. The second-order valence-corrected chi connectivity index (χ2v) is 5.83. The Bertz CT molecular complexity index is 368. The molecule has 1 aromatic carbocycles. The van der Waals surface area contributed by atoms with E-state index in [2.05, 4.69) is 6.92 Å². The molecule has 0 bridgehead atoms. The van der Waals surface area contributed by atoms with Crippen LogP contribution in [-0.4, -0.2) is 9.46 Å². The zero-order valence-electron chi connectivity index (χ0n) is 9.00. The van der Waals surface area contributed by atoms with Crippen molar-refractivity contribution < 1.29 is 4.21 Å². The summed E-state index contributed by atoms with van der Waals surface area (Å²) in [5.41, 5.74) is 6.18. The van der Waals surface area contributed by atoms with E-state index in [-0.39, 0.29) is 5.25 Å². The van der Waals surface area contributed by atoms with E-state index in [9.17, 15) is 4.21 Å². The van der Waals surface area contributed by atoms with Gasteiger partial charge in [0.25, 0.3) is 0 Å². The summed E-state index contributed by atoms with van der Waals surface area (Å²) >= 11 is 6.00. The maximum absolute atomic E-state index is 12.1. The maximum Gasteiger partial charge on any atom is 0.0588 e. The lowest BCUT2D eigenvalue weighted by atomic mass is 10.3. The zero-order valence-corrected chi connectivity index (χ0v) is 10.6. The smallest absolute Gasteiger partial charge is 0.0588 e. The van der Waals surface area contributed by atoms with Gasteiger partial charge in [0.15, 0.2) is 0 Å². The van der Waals surface area contributed by atoms with Gasteiger partial charge in [-0.15, -0.1) is 0 Å². The molecule has 0 spiro atoms. The van der Waals surface area contributed by atoms with Gasteiger partial charge in [0.1, 0.15) is 0 Å². The molecule has 0 aliphatic heterocycles. The van der Waals surface area contributed by atoms with Crippen LogP contribution in [0.25, 0.3) is 0 Å². The van der Waals surface area contributed by atoms with E-state index < -0.39 is 10.8 Å². The van der Waals surface area contributed by atoms with Crippen molar-refractivity contribution in [1.82, 2.24) is 0 Å². The van der Waals surface area contributed by atoms with Gasteiger partial charge in [-0.25, -0.2) is 0 Å². The van der Waals surface area contributed by atoms with Crippen LogP contribution < -0.4 is 5.73 Å². The fraction of sp³-hybridized carbons (Fsp3) is 0.455. The van der Waals surface area contributed by atoms with Crippen LogP contribution >= 0.6 is 11.6 Å². The van der Waals surface area contributed by atoms with E-state index in [4.69, 9.17) is 17.3 Å². The summed E-state index contributed by atoms with van der Waals surface area (Å²) in [6.07, 6.45) is 1.97. The first-order chi connectivity index (χ1) is 7.06. The highest BCUT2D eigenvalue weighted by atomic mass is 35.5. The lowest BCUT2D eigenvalue weighted by Gasteiger charge is -2.11. The van der Waals surface area contributed by atoms with E-state index in [0.717, 1.165) is 12.8 Å². The van der Waals surface area contributed by atoms with Crippen LogP contribution in [0.2, 0.25) is 5.02 Å². The van der Waals surface area contributed by atoms with Crippen molar-refractivity contribution in [3.05, 3.63) is 23.2 Å². The van der Waals surface area contributed by atoms with Crippen LogP contribution in [0.3, 0.4) is 0 Å². The second kappa shape index (κ2) is 5.52. The highest BCUT2D eigenvalue weighted by Gasteiger charge is 2.15. The Morgan fingerprint density at radius 3 is 2.73 bits per heavy atom. The molecule has 15 heavy (non-hydrogen) atoms. The van der Waals surface area contributed by atoms with Gasteiger partial charge in [0, 0.05) is 10.9 Å². The number of hydrogen-bond donors (Lipinski definition) is 1. The van der Waals surface area contributed by atoms with Gasteiger partial charge in [-0.05, 0) is 24.6 Å². The van der Waals surface area contributed by atoms with E-state index in [0.29, 0.717) is 15.6 Å². The van der Waals surface area contributed by atoms with Crippen molar-refractivity contribution in [2.45, 2.75) is 36.8 Å². The zero-order chi connectivity index (χ0) is 11.4. The van der Waals surface area contributed by atoms with Gasteiger partial charge in [0.2, 0.25) is 0 Å². The Morgan fingerprint density at radius 2 is 2.20 bits per heavy atom. The van der Waals surface area contributed by atoms with Gasteiger partial charge < -0.3 is 5.73 Å². The highest BCUT2D eigenvalue weighted by Crippen LogP contribution is 2.25. The predicted octanol–water partition coefficient (Wildman–Crippen LogP) is 3.22. The summed E-state index contributed by atoms with van der Waals surface area (Å²) in [5, 5.41) is 0.632. The SMILES string of the molecule is CCCC(C)S(=O)c1ccc(N)cc1Cl. The van der Waals surface area contributed by atoms with Crippen LogP contribution in [0.1, 0.15) is 26.7 Å². The monoisotopic (exact) mass is 245 g/mol. The molecule has 2 N–H and O–H groups in total. The summed E-state index contributed by atoms with van der Waals surface area (Å²) in [6.45, 7) is 4.06. The maximum atomic E-state index is 12.1. The Balaban J connectivity index is 2.91. The van der Waals surface area contributed by atoms with Crippen LogP contribution in [-0.2, 0) is 10.8 Å². The van der Waals surface area contributed by atoms with Gasteiger partial charge in [0.05, 0.1) is 20.7 Å². The molecule has 0 aromatic heterocycles. The Morgan fingerprint density at radius 1 is 1.53 bits per heavy atom. The van der Waals surface area contributed by atoms with Gasteiger partial charge in [-0.3, -0.25) is 4.21 Å². The Kier molecular flexibility index (Phi) is 4.61. The summed E-state index contributed by atoms with van der Waals surface area (Å²) < 4.78 is 12.1. The third kappa shape index (κ3) is 3.21. The molecule has 0 aliphatic rings. The molecular formula is C11H16ClNOS. The molecule has 2 unspecified atom stereocenters. The van der Waals surface area contributed by atoms with E-state index in [1.165, 1.54) is 0 Å². The van der Waals surface area contributed by atoms with Gasteiger partial charge >= 0.3 is 0 Å². The average molecular weight is 246 g/mol. The number of rotatable bonds is 4. The summed E-state index contributed by atoms with van der Waals surface area (Å²) in [4.78, 5) is 0.687. The third-order valence-electron chi connectivity index (χ3n) is 2.23. The molecule has 0 saturated heterocycles. The molecule has 0 aliphatic carbocycles. The van der Waals surface area contributed by atoms with Crippen LogP contribution in [0.5, 0.6) is 0 Å². The largest absolute Gasteiger partial charge is 0.399 e. The molecule has 0 radical (unpaired) electrons. The van der Waals surface area contributed by atoms with Crippen LogP contribution in [0.15, 0.2) is 23.1 Å². The molecule has 84 valence electrons. The van der Waals surface area contributed by atoms with Crippen molar-refractivity contribution >= 4 is 28.1 Å². The molecule has 1 rings (SSSR count). The fourth-order valence-electron chi connectivity index (χ4n) is 1.41. The number of anilines is 1. The number of halogens is 1. The summed E-state index contributed by atoms with van der Waals surface area (Å²) in [7, 11) is -1.04. The first-order valence-corrected chi connectivity index (χ1v) is 6.61. The molecule has 1 aromatic rings. The number of nitrogens with two attached hydrogens (primary N) is 1. The van der Waals surface area contributed by atoms with Crippen molar-refractivity contribution in [2.24, 2.45) is 0 Å². The van der Waals surface area contributed by atoms with Gasteiger partial charge in [-0.2, -0.15) is 0 Å². The molecule has 2 nitrogen and oxygen atoms in total. The second-order valence-electron chi connectivity index (χ2n) is 3.59. The lowest BCUT2D eigenvalue weighted by Crippen LogP contribution is -2.11. The van der Waals surface area contributed by atoms with Gasteiger partial charge in [-0.1, -0.05) is 31.9 Å². The Hall–Kier alpha value is -0.540.